The van der Waals surface area contributed by atoms with Gasteiger partial charge in [0, 0.05) is 0 Å². The number of hydrogen-bond donors (Lipinski definition) is 0. The molecular weight excluding hydrogens is 138 g/mol. The molecule has 0 aliphatic heterocycles. The fraction of sp³-hybridized carbons (Fsp3) is 0.889. The molecule has 0 spiro atoms. The van der Waals surface area contributed by atoms with Gasteiger partial charge in [0.05, 0.1) is 5.54 Å². The molecule has 0 radical (unpaired) electrons. The molecule has 1 fully saturated rings. The Bertz CT molecular complexity index is 184. The fourth-order valence-corrected chi connectivity index (χ4v) is 1.76. The van der Waals surface area contributed by atoms with Crippen molar-refractivity contribution in [2.45, 2.75) is 45.1 Å². The number of aliphatic imine (C=N–C) groups is 1. The smallest absolute Gasteiger partial charge is 0.211 e. The Hall–Kier alpha value is -0.620. The Morgan fingerprint density at radius 1 is 1.55 bits per heavy atom. The van der Waals surface area contributed by atoms with Crippen LogP contribution in [0.5, 0.6) is 0 Å². The number of rotatable bonds is 1. The predicted molar refractivity (Wildman–Crippen MR) is 44.2 cm³/mol. The molecule has 0 heterocycles. The van der Waals surface area contributed by atoms with E-state index in [1.54, 1.807) is 6.08 Å². The van der Waals surface area contributed by atoms with E-state index in [1.165, 1.54) is 19.3 Å². The van der Waals surface area contributed by atoms with E-state index in [1.807, 2.05) is 0 Å². The Kier molecular flexibility index (Phi) is 2.45. The van der Waals surface area contributed by atoms with Crippen LogP contribution in [0.25, 0.3) is 0 Å². The maximum atomic E-state index is 10.1. The summed E-state index contributed by atoms with van der Waals surface area (Å²) in [5.74, 6) is 0.540. The first-order valence-corrected chi connectivity index (χ1v) is 4.28. The van der Waals surface area contributed by atoms with Crippen LogP contribution in [-0.4, -0.2) is 11.6 Å². The van der Waals surface area contributed by atoms with E-state index in [4.69, 9.17) is 0 Å². The molecule has 1 aliphatic carbocycles. The van der Waals surface area contributed by atoms with Gasteiger partial charge in [0.1, 0.15) is 0 Å². The summed E-state index contributed by atoms with van der Waals surface area (Å²) in [4.78, 5) is 14.0. The van der Waals surface area contributed by atoms with E-state index < -0.39 is 0 Å². The normalized spacial score (nSPS) is 37.8. The maximum Gasteiger partial charge on any atom is 0.235 e. The average Bonchev–Trinajstić information content (AvgIpc) is 1.96. The number of isocyanates is 1. The molecule has 1 rings (SSSR count). The first-order valence-electron chi connectivity index (χ1n) is 4.28. The number of nitrogens with zero attached hydrogens (tertiary/aromatic N) is 1. The molecule has 0 amide bonds. The topological polar surface area (TPSA) is 29.4 Å². The molecule has 0 saturated heterocycles. The van der Waals surface area contributed by atoms with E-state index in [0.717, 1.165) is 6.42 Å². The molecule has 0 aromatic rings. The lowest BCUT2D eigenvalue weighted by atomic mass is 9.75. The van der Waals surface area contributed by atoms with E-state index >= 15 is 0 Å². The highest BCUT2D eigenvalue weighted by Crippen LogP contribution is 2.35. The van der Waals surface area contributed by atoms with E-state index in [-0.39, 0.29) is 5.54 Å². The molecule has 0 bridgehead atoms. The zero-order valence-corrected chi connectivity index (χ0v) is 7.26. The van der Waals surface area contributed by atoms with Crippen LogP contribution in [0, 0.1) is 5.92 Å². The van der Waals surface area contributed by atoms with Crippen molar-refractivity contribution < 1.29 is 4.79 Å². The van der Waals surface area contributed by atoms with Gasteiger partial charge in [-0.3, -0.25) is 0 Å². The molecule has 0 aromatic heterocycles. The van der Waals surface area contributed by atoms with Crippen LogP contribution >= 0.6 is 0 Å². The molecule has 1 saturated carbocycles. The van der Waals surface area contributed by atoms with Gasteiger partial charge in [-0.1, -0.05) is 19.8 Å². The lowest BCUT2D eigenvalue weighted by Crippen LogP contribution is -2.33. The monoisotopic (exact) mass is 153 g/mol. The minimum atomic E-state index is -0.111. The van der Waals surface area contributed by atoms with Crippen molar-refractivity contribution >= 4 is 6.08 Å². The lowest BCUT2D eigenvalue weighted by molar-refractivity contribution is 0.228. The van der Waals surface area contributed by atoms with Gasteiger partial charge in [-0.15, -0.1) is 0 Å². The third-order valence-corrected chi connectivity index (χ3v) is 2.93. The third-order valence-electron chi connectivity index (χ3n) is 2.93. The quantitative estimate of drug-likeness (QED) is 0.420. The standard InChI is InChI=1S/C9H15NO/c1-8-5-3-4-6-9(8,2)10-7-11/h8H,3-6H2,1-2H3. The van der Waals surface area contributed by atoms with Crippen molar-refractivity contribution in [3.05, 3.63) is 0 Å². The summed E-state index contributed by atoms with van der Waals surface area (Å²) in [6, 6.07) is 0. The van der Waals surface area contributed by atoms with E-state index in [9.17, 15) is 4.79 Å². The van der Waals surface area contributed by atoms with E-state index in [0.29, 0.717) is 5.92 Å². The highest BCUT2D eigenvalue weighted by molar-refractivity contribution is 5.35. The molecule has 2 atom stereocenters. The van der Waals surface area contributed by atoms with Crippen molar-refractivity contribution in [1.29, 1.82) is 0 Å². The van der Waals surface area contributed by atoms with Crippen LogP contribution in [0.4, 0.5) is 0 Å². The Morgan fingerprint density at radius 2 is 2.27 bits per heavy atom. The summed E-state index contributed by atoms with van der Waals surface area (Å²) >= 11 is 0. The van der Waals surface area contributed by atoms with Gasteiger partial charge in [-0.05, 0) is 25.7 Å². The summed E-state index contributed by atoms with van der Waals surface area (Å²) in [7, 11) is 0. The average molecular weight is 153 g/mol. The highest BCUT2D eigenvalue weighted by Gasteiger charge is 2.32. The van der Waals surface area contributed by atoms with Gasteiger partial charge >= 0.3 is 0 Å². The highest BCUT2D eigenvalue weighted by atomic mass is 16.1. The van der Waals surface area contributed by atoms with Crippen LogP contribution in [-0.2, 0) is 4.79 Å². The zero-order chi connectivity index (χ0) is 8.32. The predicted octanol–water partition coefficient (Wildman–Crippen LogP) is 2.29. The molecular formula is C9H15NO. The molecule has 0 aromatic carbocycles. The molecule has 2 unspecified atom stereocenters. The molecule has 2 nitrogen and oxygen atoms in total. The van der Waals surface area contributed by atoms with Gasteiger partial charge in [0.15, 0.2) is 0 Å². The lowest BCUT2D eigenvalue weighted by Gasteiger charge is -2.34. The molecule has 62 valence electrons. The third kappa shape index (κ3) is 1.69. The van der Waals surface area contributed by atoms with Crippen molar-refractivity contribution in [2.75, 3.05) is 0 Å². The molecule has 11 heavy (non-hydrogen) atoms. The largest absolute Gasteiger partial charge is 0.235 e. The number of hydrogen-bond acceptors (Lipinski definition) is 2. The summed E-state index contributed by atoms with van der Waals surface area (Å²) in [5.41, 5.74) is -0.111. The number of carbonyl (C=O) groups excluding carboxylic acids is 1. The summed E-state index contributed by atoms with van der Waals surface area (Å²) in [6.45, 7) is 4.22. The minimum absolute atomic E-state index is 0.111. The van der Waals surface area contributed by atoms with Crippen LogP contribution < -0.4 is 0 Å². The Labute approximate surface area is 67.7 Å². The first kappa shape index (κ1) is 8.48. The van der Waals surface area contributed by atoms with Crippen molar-refractivity contribution in [3.8, 4) is 0 Å². The molecule has 1 aliphatic rings. The molecule has 2 heteroatoms. The SMILES string of the molecule is CC1CCCCC1(C)N=C=O. The van der Waals surface area contributed by atoms with Crippen LogP contribution in [0.1, 0.15) is 39.5 Å². The fourth-order valence-electron chi connectivity index (χ4n) is 1.76. The van der Waals surface area contributed by atoms with Gasteiger partial charge in [0.2, 0.25) is 6.08 Å². The van der Waals surface area contributed by atoms with Crippen molar-refractivity contribution in [2.24, 2.45) is 10.9 Å². The second-order valence-electron chi connectivity index (χ2n) is 3.71. The van der Waals surface area contributed by atoms with Crippen molar-refractivity contribution in [1.82, 2.24) is 0 Å². The summed E-state index contributed by atoms with van der Waals surface area (Å²) < 4.78 is 0. The van der Waals surface area contributed by atoms with Crippen LogP contribution in [0.15, 0.2) is 4.99 Å². The summed E-state index contributed by atoms with van der Waals surface area (Å²) in [5, 5.41) is 0. The second kappa shape index (κ2) is 3.19. The Morgan fingerprint density at radius 3 is 2.82 bits per heavy atom. The van der Waals surface area contributed by atoms with Gasteiger partial charge in [-0.25, -0.2) is 4.79 Å². The first-order chi connectivity index (χ1) is 5.19. The van der Waals surface area contributed by atoms with Gasteiger partial charge < -0.3 is 0 Å². The van der Waals surface area contributed by atoms with Crippen molar-refractivity contribution in [3.63, 3.8) is 0 Å². The summed E-state index contributed by atoms with van der Waals surface area (Å²) in [6.07, 6.45) is 6.41. The molecule has 0 N–H and O–H groups in total. The Balaban J connectivity index is 2.72. The minimum Gasteiger partial charge on any atom is -0.211 e. The van der Waals surface area contributed by atoms with Gasteiger partial charge in [0.25, 0.3) is 0 Å². The van der Waals surface area contributed by atoms with Crippen LogP contribution in [0.3, 0.4) is 0 Å². The maximum absolute atomic E-state index is 10.1. The van der Waals surface area contributed by atoms with Gasteiger partial charge in [-0.2, -0.15) is 4.99 Å². The zero-order valence-electron chi connectivity index (χ0n) is 7.26. The van der Waals surface area contributed by atoms with E-state index in [2.05, 4.69) is 18.8 Å². The second-order valence-corrected chi connectivity index (χ2v) is 3.71. The van der Waals surface area contributed by atoms with Crippen LogP contribution in [0.2, 0.25) is 0 Å².